The molecule has 1 fully saturated rings. The number of fused-ring (bicyclic) bond motifs is 4. The van der Waals surface area contributed by atoms with Gasteiger partial charge in [0.1, 0.15) is 29.6 Å². The van der Waals surface area contributed by atoms with Crippen LogP contribution >= 0.6 is 0 Å². The van der Waals surface area contributed by atoms with Gasteiger partial charge in [0.05, 0.1) is 29.0 Å². The van der Waals surface area contributed by atoms with Gasteiger partial charge in [0.15, 0.2) is 11.5 Å². The third-order valence-electron chi connectivity index (χ3n) is 9.88. The number of amides is 1. The van der Waals surface area contributed by atoms with Crippen LogP contribution in [0.15, 0.2) is 48.5 Å². The Balaban J connectivity index is 1.38. The van der Waals surface area contributed by atoms with Crippen molar-refractivity contribution in [1.29, 1.82) is 0 Å². The van der Waals surface area contributed by atoms with Crippen molar-refractivity contribution < 1.29 is 43.9 Å². The van der Waals surface area contributed by atoms with Crippen molar-refractivity contribution in [1.82, 2.24) is 29.9 Å². The van der Waals surface area contributed by atoms with Gasteiger partial charge in [-0.25, -0.2) is 22.2 Å². The third-order valence-corrected chi connectivity index (χ3v) is 10.4. The Morgan fingerprint density at radius 2 is 1.75 bits per heavy atom. The number of sulfonamides is 1. The van der Waals surface area contributed by atoms with Crippen molar-refractivity contribution in [3.05, 3.63) is 94.1 Å². The molecule has 0 spiro atoms. The standard InChI is InChI=1S/C38H35F7N8O3S/c1-36(2,46)13-12-22-8-9-23(24-6-5-7-26-32(24)52(3)50-35(26)51-57(4,55)56)31(47-22)28(16-19-14-20(39)17-21(40)15-19)48-29(54)18-53-34-30(33(49-53)38(43,44)45)25-10-11-27(25)37(34,41)42/h5-9,14-15,17,25,27-28H,10-11,16,18,46H2,1-4H3,(H,48,54)(H,50,51). The summed E-state index contributed by atoms with van der Waals surface area (Å²) in [5.41, 5.74) is 3.38. The van der Waals surface area contributed by atoms with E-state index in [4.69, 9.17) is 10.7 Å². The van der Waals surface area contributed by atoms with Crippen molar-refractivity contribution >= 4 is 32.7 Å². The van der Waals surface area contributed by atoms with Crippen LogP contribution in [0.3, 0.4) is 0 Å². The second-order valence-corrected chi connectivity index (χ2v) is 16.7. The normalized spacial score (nSPS) is 18.0. The molecular formula is C38H35F7N8O3S. The van der Waals surface area contributed by atoms with E-state index in [1.54, 1.807) is 51.2 Å². The number of anilines is 1. The van der Waals surface area contributed by atoms with Gasteiger partial charge in [-0.2, -0.15) is 32.1 Å². The first-order valence-corrected chi connectivity index (χ1v) is 19.5. The molecule has 3 aromatic heterocycles. The zero-order valence-corrected chi connectivity index (χ0v) is 31.6. The van der Waals surface area contributed by atoms with Gasteiger partial charge < -0.3 is 11.1 Å². The van der Waals surface area contributed by atoms with Crippen LogP contribution in [0.5, 0.6) is 0 Å². The van der Waals surface area contributed by atoms with E-state index in [1.165, 1.54) is 4.68 Å². The molecule has 19 heteroatoms. The largest absolute Gasteiger partial charge is 0.435 e. The number of nitrogens with zero attached hydrogens (tertiary/aromatic N) is 5. The Kier molecular flexibility index (Phi) is 9.67. The number of aromatic nitrogens is 5. The van der Waals surface area contributed by atoms with Crippen molar-refractivity contribution in [3.8, 4) is 23.0 Å². The average Bonchev–Trinajstić information content (AvgIpc) is 3.63. The van der Waals surface area contributed by atoms with Crippen molar-refractivity contribution in [3.63, 3.8) is 0 Å². The summed E-state index contributed by atoms with van der Waals surface area (Å²) in [6, 6.07) is 9.36. The minimum atomic E-state index is -5.07. The fourth-order valence-corrected chi connectivity index (χ4v) is 8.08. The van der Waals surface area contributed by atoms with Crippen molar-refractivity contribution in [2.24, 2.45) is 18.7 Å². The zero-order chi connectivity index (χ0) is 41.4. The van der Waals surface area contributed by atoms with E-state index in [1.807, 2.05) is 0 Å². The molecule has 1 saturated carbocycles. The van der Waals surface area contributed by atoms with Gasteiger partial charge in [0.25, 0.3) is 5.92 Å². The van der Waals surface area contributed by atoms with Gasteiger partial charge >= 0.3 is 6.18 Å². The van der Waals surface area contributed by atoms with E-state index in [0.29, 0.717) is 32.8 Å². The fraction of sp³-hybridized carbons (Fsp3) is 0.368. The van der Waals surface area contributed by atoms with Crippen molar-refractivity contribution in [2.45, 2.75) is 69.3 Å². The Morgan fingerprint density at radius 3 is 2.37 bits per heavy atom. The molecule has 2 aliphatic rings. The summed E-state index contributed by atoms with van der Waals surface area (Å²) in [6.07, 6.45) is -4.35. The number of aryl methyl sites for hydroxylation is 1. The molecule has 2 aromatic carbocycles. The molecule has 4 N–H and O–H groups in total. The number of alkyl halides is 5. The number of para-hydroxylation sites is 1. The summed E-state index contributed by atoms with van der Waals surface area (Å²) < 4.78 is 131. The molecule has 1 amide bonds. The van der Waals surface area contributed by atoms with E-state index < -0.39 is 86.6 Å². The van der Waals surface area contributed by atoms with Gasteiger partial charge in [0.2, 0.25) is 15.9 Å². The predicted molar refractivity (Wildman–Crippen MR) is 195 cm³/mol. The van der Waals surface area contributed by atoms with Crippen LogP contribution in [-0.4, -0.2) is 50.7 Å². The van der Waals surface area contributed by atoms with Gasteiger partial charge in [-0.1, -0.05) is 18.1 Å². The Hall–Kier alpha value is -5.48. The number of nitrogens with one attached hydrogen (secondary N) is 2. The lowest BCUT2D eigenvalue weighted by atomic mass is 9.73. The maximum atomic E-state index is 15.6. The van der Waals surface area contributed by atoms with Crippen LogP contribution in [0.2, 0.25) is 0 Å². The maximum Gasteiger partial charge on any atom is 0.435 e. The summed E-state index contributed by atoms with van der Waals surface area (Å²) in [6.45, 7) is 2.23. The van der Waals surface area contributed by atoms with E-state index in [2.05, 4.69) is 32.1 Å². The highest BCUT2D eigenvalue weighted by Crippen LogP contribution is 2.64. The molecule has 2 aliphatic carbocycles. The molecule has 0 bridgehead atoms. The van der Waals surface area contributed by atoms with Crippen LogP contribution < -0.4 is 15.8 Å². The molecule has 11 nitrogen and oxygen atoms in total. The topological polar surface area (TPSA) is 150 Å². The summed E-state index contributed by atoms with van der Waals surface area (Å²) in [5.74, 6) is -3.32. The SMILES string of the molecule is Cn1nc(NS(C)(=O)=O)c2cccc(-c3ccc(C#CC(C)(C)N)nc3C(Cc3cc(F)cc(F)c3)NC(=O)Cn3nc(C(F)(F)F)c4c3C(F)(F)C3CCC43)c21. The zero-order valence-electron chi connectivity index (χ0n) is 30.8. The molecule has 300 valence electrons. The molecular weight excluding hydrogens is 782 g/mol. The first kappa shape index (κ1) is 39.7. The number of rotatable bonds is 9. The van der Waals surface area contributed by atoms with Crippen LogP contribution in [0, 0.1) is 29.4 Å². The van der Waals surface area contributed by atoms with E-state index in [0.717, 1.165) is 18.4 Å². The number of hydrogen-bond acceptors (Lipinski definition) is 7. The minimum Gasteiger partial charge on any atom is -0.346 e. The molecule has 3 atom stereocenters. The monoisotopic (exact) mass is 816 g/mol. The molecule has 57 heavy (non-hydrogen) atoms. The smallest absolute Gasteiger partial charge is 0.346 e. The van der Waals surface area contributed by atoms with E-state index in [-0.39, 0.29) is 42.0 Å². The van der Waals surface area contributed by atoms with Gasteiger partial charge in [-0.3, -0.25) is 18.9 Å². The molecule has 7 rings (SSSR count). The molecule has 3 unspecified atom stereocenters. The van der Waals surface area contributed by atoms with E-state index in [9.17, 15) is 35.2 Å². The lowest BCUT2D eigenvalue weighted by Gasteiger charge is -2.34. The molecule has 3 heterocycles. The number of carbonyl (C=O) groups is 1. The number of hydrogen-bond donors (Lipinski definition) is 3. The van der Waals surface area contributed by atoms with E-state index >= 15 is 8.78 Å². The summed E-state index contributed by atoms with van der Waals surface area (Å²) in [5, 5.41) is 10.9. The van der Waals surface area contributed by atoms with Gasteiger partial charge in [0, 0.05) is 41.1 Å². The lowest BCUT2D eigenvalue weighted by Crippen LogP contribution is -2.36. The number of nitrogens with two attached hydrogens (primary N) is 1. The molecule has 5 aromatic rings. The maximum absolute atomic E-state index is 15.6. The highest BCUT2D eigenvalue weighted by Gasteiger charge is 2.63. The quantitative estimate of drug-likeness (QED) is 0.117. The highest BCUT2D eigenvalue weighted by molar-refractivity contribution is 7.92. The summed E-state index contributed by atoms with van der Waals surface area (Å²) in [7, 11) is -2.21. The number of benzene rings is 2. The summed E-state index contributed by atoms with van der Waals surface area (Å²) in [4.78, 5) is 18.7. The van der Waals surface area contributed by atoms with Crippen molar-refractivity contribution in [2.75, 3.05) is 11.0 Å². The summed E-state index contributed by atoms with van der Waals surface area (Å²) >= 11 is 0. The lowest BCUT2D eigenvalue weighted by molar-refractivity contribution is -0.144. The van der Waals surface area contributed by atoms with Crippen LogP contribution in [0.25, 0.3) is 22.0 Å². The fourth-order valence-electron chi connectivity index (χ4n) is 7.58. The third kappa shape index (κ3) is 7.80. The second-order valence-electron chi connectivity index (χ2n) is 14.9. The molecule has 0 radical (unpaired) electrons. The first-order chi connectivity index (χ1) is 26.5. The number of carbonyl (C=O) groups excluding carboxylic acids is 1. The predicted octanol–water partition coefficient (Wildman–Crippen LogP) is 6.29. The molecule has 0 saturated heterocycles. The highest BCUT2D eigenvalue weighted by atomic mass is 32.2. The van der Waals surface area contributed by atoms with Crippen LogP contribution in [-0.2, 0) is 46.9 Å². The van der Waals surface area contributed by atoms with Gasteiger partial charge in [-0.15, -0.1) is 0 Å². The van der Waals surface area contributed by atoms with Crippen LogP contribution in [0.1, 0.15) is 72.6 Å². The Bertz CT molecular complexity index is 2600. The number of pyridine rings is 1. The molecule has 0 aliphatic heterocycles. The minimum absolute atomic E-state index is 0.00631. The average molecular weight is 817 g/mol. The Morgan fingerprint density at radius 1 is 1.05 bits per heavy atom. The van der Waals surface area contributed by atoms with Crippen LogP contribution in [0.4, 0.5) is 36.6 Å². The number of halogens is 7. The first-order valence-electron chi connectivity index (χ1n) is 17.6. The Labute approximate surface area is 321 Å². The second kappa shape index (κ2) is 13.9. The van der Waals surface area contributed by atoms with Gasteiger partial charge in [-0.05, 0) is 80.8 Å².